The summed E-state index contributed by atoms with van der Waals surface area (Å²) in [6.07, 6.45) is 2.06. The Morgan fingerprint density at radius 3 is 1.71 bits per heavy atom. The highest BCUT2D eigenvalue weighted by Gasteiger charge is 1.92. The van der Waals surface area contributed by atoms with Crippen LogP contribution in [0.25, 0.3) is 0 Å². The molecule has 0 aliphatic heterocycles. The number of azo groups is 1. The van der Waals surface area contributed by atoms with Gasteiger partial charge in [-0.1, -0.05) is 17.7 Å². The Hall–Kier alpha value is -1.61. The zero-order valence-corrected chi connectivity index (χ0v) is 10.7. The zero-order valence-electron chi connectivity index (χ0n) is 9.92. The van der Waals surface area contributed by atoms with Crippen LogP contribution < -0.4 is 0 Å². The predicted molar refractivity (Wildman–Crippen MR) is 73.6 cm³/mol. The molecule has 0 heterocycles. The Kier molecular flexibility index (Phi) is 3.94. The van der Waals surface area contributed by atoms with E-state index in [9.17, 15) is 0 Å². The lowest BCUT2D eigenvalue weighted by molar-refractivity contribution is 1.22. The number of aryl methyl sites for hydroxylation is 1. The van der Waals surface area contributed by atoms with Gasteiger partial charge in [0.2, 0.25) is 0 Å². The molecule has 0 spiro atoms. The Morgan fingerprint density at radius 2 is 1.24 bits per heavy atom. The van der Waals surface area contributed by atoms with Crippen molar-refractivity contribution in [1.82, 2.24) is 0 Å². The largest absolute Gasteiger partial charge is 0.151 e. The van der Waals surface area contributed by atoms with Gasteiger partial charge in [0.15, 0.2) is 0 Å². The Bertz CT molecular complexity index is 501. The summed E-state index contributed by atoms with van der Waals surface area (Å²) in [4.78, 5) is 1.24. The van der Waals surface area contributed by atoms with Crippen molar-refractivity contribution in [2.75, 3.05) is 6.26 Å². The number of rotatable bonds is 3. The first kappa shape index (κ1) is 11.9. The quantitative estimate of drug-likeness (QED) is 0.540. The van der Waals surface area contributed by atoms with E-state index in [1.165, 1.54) is 10.5 Å². The fourth-order valence-corrected chi connectivity index (χ4v) is 1.78. The van der Waals surface area contributed by atoms with Crippen LogP contribution in [0.3, 0.4) is 0 Å². The van der Waals surface area contributed by atoms with Crippen molar-refractivity contribution in [2.45, 2.75) is 11.8 Å². The van der Waals surface area contributed by atoms with E-state index in [4.69, 9.17) is 0 Å². The van der Waals surface area contributed by atoms with Crippen LogP contribution in [0.5, 0.6) is 0 Å². The monoisotopic (exact) mass is 242 g/mol. The SMILES string of the molecule is CSc1ccc(/N=N/c2ccc(C)cc2)cc1. The molecule has 3 heteroatoms. The first-order valence-corrected chi connectivity index (χ1v) is 6.63. The van der Waals surface area contributed by atoms with Crippen LogP contribution in [0.15, 0.2) is 63.7 Å². The van der Waals surface area contributed by atoms with E-state index in [2.05, 4.69) is 23.4 Å². The van der Waals surface area contributed by atoms with E-state index in [1.807, 2.05) is 48.5 Å². The molecule has 0 aromatic heterocycles. The maximum Gasteiger partial charge on any atom is 0.0857 e. The minimum Gasteiger partial charge on any atom is -0.151 e. The highest BCUT2D eigenvalue weighted by atomic mass is 32.2. The molecule has 0 aliphatic carbocycles. The van der Waals surface area contributed by atoms with Crippen LogP contribution in [0.1, 0.15) is 5.56 Å². The van der Waals surface area contributed by atoms with E-state index in [0.29, 0.717) is 0 Å². The first-order valence-electron chi connectivity index (χ1n) is 5.40. The van der Waals surface area contributed by atoms with E-state index in [1.54, 1.807) is 11.8 Å². The second-order valence-corrected chi connectivity index (χ2v) is 4.61. The molecule has 17 heavy (non-hydrogen) atoms. The molecule has 2 aromatic rings. The van der Waals surface area contributed by atoms with E-state index in [0.717, 1.165) is 11.4 Å². The van der Waals surface area contributed by atoms with Gasteiger partial charge >= 0.3 is 0 Å². The number of thioether (sulfide) groups is 1. The van der Waals surface area contributed by atoms with Crippen LogP contribution >= 0.6 is 11.8 Å². The number of benzene rings is 2. The Balaban J connectivity index is 2.11. The molecule has 0 amide bonds. The minimum absolute atomic E-state index is 0.878. The molecule has 0 bridgehead atoms. The van der Waals surface area contributed by atoms with Gasteiger partial charge in [-0.2, -0.15) is 10.2 Å². The van der Waals surface area contributed by atoms with Gasteiger partial charge in [0.1, 0.15) is 0 Å². The fourth-order valence-electron chi connectivity index (χ4n) is 1.38. The molecular weight excluding hydrogens is 228 g/mol. The lowest BCUT2D eigenvalue weighted by atomic mass is 10.2. The molecule has 0 saturated carbocycles. The topological polar surface area (TPSA) is 24.7 Å². The third kappa shape index (κ3) is 3.43. The molecule has 86 valence electrons. The minimum atomic E-state index is 0.878. The maximum atomic E-state index is 4.20. The zero-order chi connectivity index (χ0) is 12.1. The van der Waals surface area contributed by atoms with Crippen molar-refractivity contribution < 1.29 is 0 Å². The Labute approximate surface area is 106 Å². The van der Waals surface area contributed by atoms with Gasteiger partial charge in [0, 0.05) is 4.90 Å². The molecule has 0 N–H and O–H groups in total. The van der Waals surface area contributed by atoms with Gasteiger partial charge in [-0.25, -0.2) is 0 Å². The highest BCUT2D eigenvalue weighted by Crippen LogP contribution is 2.21. The summed E-state index contributed by atoms with van der Waals surface area (Å²) in [7, 11) is 0. The molecule has 0 fully saturated rings. The summed E-state index contributed by atoms with van der Waals surface area (Å²) in [5, 5.41) is 8.39. The second-order valence-electron chi connectivity index (χ2n) is 3.73. The van der Waals surface area contributed by atoms with E-state index < -0.39 is 0 Å². The summed E-state index contributed by atoms with van der Waals surface area (Å²) in [5.41, 5.74) is 2.99. The molecule has 0 aliphatic rings. The lowest BCUT2D eigenvalue weighted by Crippen LogP contribution is -1.69. The van der Waals surface area contributed by atoms with Gasteiger partial charge in [0.05, 0.1) is 11.4 Å². The van der Waals surface area contributed by atoms with Crippen molar-refractivity contribution in [3.8, 4) is 0 Å². The van der Waals surface area contributed by atoms with Crippen molar-refractivity contribution >= 4 is 23.1 Å². The van der Waals surface area contributed by atoms with Crippen molar-refractivity contribution in [1.29, 1.82) is 0 Å². The molecular formula is C14H14N2S. The number of nitrogens with zero attached hydrogens (tertiary/aromatic N) is 2. The maximum absolute atomic E-state index is 4.20. The van der Waals surface area contributed by atoms with Crippen LogP contribution in [0.2, 0.25) is 0 Å². The van der Waals surface area contributed by atoms with Crippen LogP contribution in [0, 0.1) is 6.92 Å². The average Bonchev–Trinajstić information content (AvgIpc) is 2.39. The van der Waals surface area contributed by atoms with Gasteiger partial charge in [-0.05, 0) is 49.6 Å². The molecule has 2 nitrogen and oxygen atoms in total. The summed E-state index contributed by atoms with van der Waals surface area (Å²) < 4.78 is 0. The van der Waals surface area contributed by atoms with Crippen LogP contribution in [0.4, 0.5) is 11.4 Å². The predicted octanol–water partition coefficient (Wildman–Crippen LogP) is 5.13. The fraction of sp³-hybridized carbons (Fsp3) is 0.143. The van der Waals surface area contributed by atoms with Crippen molar-refractivity contribution in [2.24, 2.45) is 10.2 Å². The van der Waals surface area contributed by atoms with Gasteiger partial charge in [-0.3, -0.25) is 0 Å². The third-order valence-corrected chi connectivity index (χ3v) is 3.13. The summed E-state index contributed by atoms with van der Waals surface area (Å²) in [5.74, 6) is 0. The Morgan fingerprint density at radius 1 is 0.765 bits per heavy atom. The van der Waals surface area contributed by atoms with Crippen molar-refractivity contribution in [3.63, 3.8) is 0 Å². The van der Waals surface area contributed by atoms with Gasteiger partial charge < -0.3 is 0 Å². The lowest BCUT2D eigenvalue weighted by Gasteiger charge is -1.96. The molecule has 0 atom stereocenters. The van der Waals surface area contributed by atoms with Crippen LogP contribution in [-0.4, -0.2) is 6.26 Å². The first-order chi connectivity index (χ1) is 8.28. The number of hydrogen-bond acceptors (Lipinski definition) is 3. The summed E-state index contributed by atoms with van der Waals surface area (Å²) >= 11 is 1.72. The van der Waals surface area contributed by atoms with Crippen molar-refractivity contribution in [3.05, 3.63) is 54.1 Å². The second kappa shape index (κ2) is 5.64. The molecule has 0 unspecified atom stereocenters. The van der Waals surface area contributed by atoms with E-state index >= 15 is 0 Å². The number of hydrogen-bond donors (Lipinski definition) is 0. The molecule has 0 saturated heterocycles. The highest BCUT2D eigenvalue weighted by molar-refractivity contribution is 7.98. The average molecular weight is 242 g/mol. The summed E-state index contributed by atoms with van der Waals surface area (Å²) in [6, 6.07) is 16.1. The molecule has 2 aromatic carbocycles. The van der Waals surface area contributed by atoms with E-state index in [-0.39, 0.29) is 0 Å². The normalized spacial score (nSPS) is 10.9. The molecule has 2 rings (SSSR count). The van der Waals surface area contributed by atoms with Gasteiger partial charge in [-0.15, -0.1) is 11.8 Å². The van der Waals surface area contributed by atoms with Crippen LogP contribution in [-0.2, 0) is 0 Å². The smallest absolute Gasteiger partial charge is 0.0857 e. The standard InChI is InChI=1S/C14H14N2S/c1-11-3-5-12(6-4-11)15-16-13-7-9-14(17-2)10-8-13/h3-10H,1-2H3/b16-15+. The third-order valence-electron chi connectivity index (χ3n) is 2.39. The summed E-state index contributed by atoms with van der Waals surface area (Å²) in [6.45, 7) is 2.06. The molecule has 0 radical (unpaired) electrons. The van der Waals surface area contributed by atoms with Gasteiger partial charge in [0.25, 0.3) is 0 Å².